The first-order valence-electron chi connectivity index (χ1n) is 1.92. The van der Waals surface area contributed by atoms with Crippen LogP contribution in [0.2, 0.25) is 0 Å². The standard InChI is InChI=1S/C4H7O3/c5-3-1-2-4-7-6/h1-2,5H,3-4H2/b2-1+. The highest BCUT2D eigenvalue weighted by atomic mass is 17.1. The Morgan fingerprint density at radius 2 is 2.29 bits per heavy atom. The van der Waals surface area contributed by atoms with Crippen molar-refractivity contribution in [3.63, 3.8) is 0 Å². The lowest BCUT2D eigenvalue weighted by molar-refractivity contribution is -0.294. The monoisotopic (exact) mass is 103 g/mol. The fourth-order valence-electron chi connectivity index (χ4n) is 0.182. The lowest BCUT2D eigenvalue weighted by Gasteiger charge is -1.78. The Bertz CT molecular complexity index is 50.9. The van der Waals surface area contributed by atoms with Crippen LogP contribution in [-0.4, -0.2) is 18.3 Å². The third-order valence-corrected chi connectivity index (χ3v) is 0.436. The molecule has 0 aromatic heterocycles. The Balaban J connectivity index is 2.78. The van der Waals surface area contributed by atoms with E-state index in [0.717, 1.165) is 0 Å². The number of hydrogen-bond acceptors (Lipinski definition) is 2. The lowest BCUT2D eigenvalue weighted by Crippen LogP contribution is -1.80. The lowest BCUT2D eigenvalue weighted by atomic mass is 10.5. The predicted molar refractivity (Wildman–Crippen MR) is 22.9 cm³/mol. The Kier molecular flexibility index (Phi) is 5.31. The van der Waals surface area contributed by atoms with Crippen molar-refractivity contribution < 1.29 is 15.3 Å². The molecule has 1 N–H and O–H groups in total. The number of aliphatic hydroxyl groups excluding tert-OH is 1. The quantitative estimate of drug-likeness (QED) is 0.308. The first kappa shape index (κ1) is 6.62. The number of aliphatic hydroxyl groups is 1. The van der Waals surface area contributed by atoms with E-state index in [1.807, 2.05) is 0 Å². The molecule has 0 heterocycles. The zero-order valence-electron chi connectivity index (χ0n) is 3.83. The molecule has 3 nitrogen and oxygen atoms in total. The van der Waals surface area contributed by atoms with Gasteiger partial charge in [0.05, 0.1) is 6.61 Å². The molecule has 0 rings (SSSR count). The SMILES string of the molecule is [O]OC/C=C/CO. The summed E-state index contributed by atoms with van der Waals surface area (Å²) in [7, 11) is 0. The van der Waals surface area contributed by atoms with Crippen molar-refractivity contribution in [3.8, 4) is 0 Å². The van der Waals surface area contributed by atoms with Crippen LogP contribution in [0.4, 0.5) is 0 Å². The first-order valence-corrected chi connectivity index (χ1v) is 1.92. The van der Waals surface area contributed by atoms with Crippen LogP contribution in [0.3, 0.4) is 0 Å². The maximum Gasteiger partial charge on any atom is 0.104 e. The maximum atomic E-state index is 9.17. The van der Waals surface area contributed by atoms with Crippen LogP contribution in [0.25, 0.3) is 0 Å². The van der Waals surface area contributed by atoms with Gasteiger partial charge in [0.15, 0.2) is 0 Å². The molecule has 7 heavy (non-hydrogen) atoms. The molecule has 0 aliphatic heterocycles. The van der Waals surface area contributed by atoms with Gasteiger partial charge in [0.25, 0.3) is 0 Å². The minimum absolute atomic E-state index is 0.0283. The Morgan fingerprint density at radius 3 is 2.71 bits per heavy atom. The maximum absolute atomic E-state index is 9.17. The second-order valence-electron chi connectivity index (χ2n) is 0.938. The van der Waals surface area contributed by atoms with Crippen molar-refractivity contribution in [3.05, 3.63) is 12.2 Å². The topological polar surface area (TPSA) is 49.4 Å². The van der Waals surface area contributed by atoms with Crippen molar-refractivity contribution in [2.45, 2.75) is 0 Å². The molecule has 0 amide bonds. The van der Waals surface area contributed by atoms with Gasteiger partial charge in [-0.05, 0) is 5.26 Å². The molecule has 0 fully saturated rings. The Morgan fingerprint density at radius 1 is 1.57 bits per heavy atom. The summed E-state index contributed by atoms with van der Waals surface area (Å²) in [4.78, 5) is 3.40. The zero-order chi connectivity index (χ0) is 5.54. The average Bonchev–Trinajstić information content (AvgIpc) is 1.69. The minimum Gasteiger partial charge on any atom is -0.392 e. The summed E-state index contributed by atoms with van der Waals surface area (Å²) in [5.41, 5.74) is 0. The van der Waals surface area contributed by atoms with Crippen LogP contribution >= 0.6 is 0 Å². The van der Waals surface area contributed by atoms with E-state index in [1.165, 1.54) is 12.2 Å². The molecule has 0 aliphatic carbocycles. The fourth-order valence-corrected chi connectivity index (χ4v) is 0.182. The second kappa shape index (κ2) is 5.62. The van der Waals surface area contributed by atoms with Gasteiger partial charge < -0.3 is 5.11 Å². The van der Waals surface area contributed by atoms with E-state index in [0.29, 0.717) is 0 Å². The van der Waals surface area contributed by atoms with Gasteiger partial charge in [-0.25, -0.2) is 0 Å². The van der Waals surface area contributed by atoms with Gasteiger partial charge in [0.2, 0.25) is 0 Å². The molecule has 0 bridgehead atoms. The molecule has 41 valence electrons. The van der Waals surface area contributed by atoms with Crippen LogP contribution in [0.15, 0.2) is 12.2 Å². The van der Waals surface area contributed by atoms with Gasteiger partial charge in [0, 0.05) is 0 Å². The van der Waals surface area contributed by atoms with E-state index >= 15 is 0 Å². The molecule has 0 atom stereocenters. The average molecular weight is 103 g/mol. The Hall–Kier alpha value is -0.380. The van der Waals surface area contributed by atoms with Crippen molar-refractivity contribution >= 4 is 0 Å². The normalized spacial score (nSPS) is 10.6. The van der Waals surface area contributed by atoms with E-state index in [1.54, 1.807) is 0 Å². The zero-order valence-corrected chi connectivity index (χ0v) is 3.83. The third kappa shape index (κ3) is 5.62. The highest BCUT2D eigenvalue weighted by Crippen LogP contribution is 1.70. The van der Waals surface area contributed by atoms with Crippen LogP contribution in [-0.2, 0) is 10.1 Å². The molecule has 0 spiro atoms. The number of rotatable bonds is 3. The summed E-state index contributed by atoms with van der Waals surface area (Å²) in [6.45, 7) is -0.0100. The van der Waals surface area contributed by atoms with E-state index < -0.39 is 0 Å². The van der Waals surface area contributed by atoms with Crippen LogP contribution in [0, 0.1) is 0 Å². The molecular weight excluding hydrogens is 96.0 g/mol. The predicted octanol–water partition coefficient (Wildman–Crippen LogP) is -0.103. The molecular formula is C4H7O3. The highest BCUT2D eigenvalue weighted by molar-refractivity contribution is 4.79. The number of hydrogen-bond donors (Lipinski definition) is 1. The summed E-state index contributed by atoms with van der Waals surface area (Å²) in [6.07, 6.45) is 2.89. The molecule has 1 radical (unpaired) electrons. The van der Waals surface area contributed by atoms with Gasteiger partial charge in [0.1, 0.15) is 6.61 Å². The molecule has 0 aromatic rings. The molecule has 0 aromatic carbocycles. The second-order valence-corrected chi connectivity index (χ2v) is 0.938. The summed E-state index contributed by atoms with van der Waals surface area (Å²) < 4.78 is 0. The Labute approximate surface area is 41.8 Å². The smallest absolute Gasteiger partial charge is 0.104 e. The fraction of sp³-hybridized carbons (Fsp3) is 0.500. The summed E-state index contributed by atoms with van der Waals surface area (Å²) in [5, 5.41) is 17.2. The van der Waals surface area contributed by atoms with E-state index in [9.17, 15) is 5.26 Å². The molecule has 0 saturated heterocycles. The van der Waals surface area contributed by atoms with Crippen LogP contribution in [0.5, 0.6) is 0 Å². The van der Waals surface area contributed by atoms with Gasteiger partial charge in [-0.15, -0.1) is 0 Å². The highest BCUT2D eigenvalue weighted by Gasteiger charge is 1.70. The molecule has 0 aliphatic rings. The summed E-state index contributed by atoms with van der Waals surface area (Å²) in [5.74, 6) is 0. The molecule has 0 saturated carbocycles. The van der Waals surface area contributed by atoms with E-state index in [-0.39, 0.29) is 13.2 Å². The molecule has 0 unspecified atom stereocenters. The van der Waals surface area contributed by atoms with Crippen molar-refractivity contribution in [1.82, 2.24) is 0 Å². The van der Waals surface area contributed by atoms with E-state index in [4.69, 9.17) is 5.11 Å². The van der Waals surface area contributed by atoms with Gasteiger partial charge in [-0.2, -0.15) is 4.89 Å². The van der Waals surface area contributed by atoms with Crippen molar-refractivity contribution in [2.75, 3.05) is 13.2 Å². The molecule has 3 heteroatoms. The van der Waals surface area contributed by atoms with Crippen molar-refractivity contribution in [1.29, 1.82) is 0 Å². The summed E-state index contributed by atoms with van der Waals surface area (Å²) in [6, 6.07) is 0. The van der Waals surface area contributed by atoms with E-state index in [2.05, 4.69) is 4.89 Å². The van der Waals surface area contributed by atoms with Crippen molar-refractivity contribution in [2.24, 2.45) is 0 Å². The third-order valence-electron chi connectivity index (χ3n) is 0.436. The van der Waals surface area contributed by atoms with Gasteiger partial charge in [-0.1, -0.05) is 12.2 Å². The van der Waals surface area contributed by atoms with Crippen LogP contribution < -0.4 is 0 Å². The van der Waals surface area contributed by atoms with Gasteiger partial charge in [-0.3, -0.25) is 0 Å². The van der Waals surface area contributed by atoms with Gasteiger partial charge >= 0.3 is 0 Å². The summed E-state index contributed by atoms with van der Waals surface area (Å²) >= 11 is 0. The minimum atomic E-state index is -0.0383. The first-order chi connectivity index (χ1) is 3.41. The van der Waals surface area contributed by atoms with Crippen LogP contribution in [0.1, 0.15) is 0 Å². The largest absolute Gasteiger partial charge is 0.392 e.